The Kier molecular flexibility index (Phi) is 5.68. The van der Waals surface area contributed by atoms with Gasteiger partial charge in [-0.25, -0.2) is 0 Å². The van der Waals surface area contributed by atoms with Crippen LogP contribution in [0.2, 0.25) is 0 Å². The van der Waals surface area contributed by atoms with Crippen LogP contribution in [0.1, 0.15) is 11.1 Å². The van der Waals surface area contributed by atoms with Crippen molar-refractivity contribution in [3.8, 4) is 0 Å². The molecule has 2 amide bonds. The van der Waals surface area contributed by atoms with Gasteiger partial charge < -0.3 is 20.8 Å². The molecule has 2 aromatic carbocycles. The fourth-order valence-electron chi connectivity index (χ4n) is 1.99. The molecule has 126 valence electrons. The van der Waals surface area contributed by atoms with Crippen molar-refractivity contribution >= 4 is 23.2 Å². The first-order chi connectivity index (χ1) is 11.4. The molecule has 2 aromatic rings. The third-order valence-electron chi connectivity index (χ3n) is 3.47. The summed E-state index contributed by atoms with van der Waals surface area (Å²) in [5.74, 6) is -1.71. The van der Waals surface area contributed by atoms with E-state index in [4.69, 9.17) is 0 Å². The SMILES string of the molecule is Cc1ccc(NC(=O)[C@@H](O)[C@@H](O)C(=O)Nc2ccc(C)cc2)cc1. The van der Waals surface area contributed by atoms with Crippen LogP contribution in [0, 0.1) is 13.8 Å². The van der Waals surface area contributed by atoms with Gasteiger partial charge in [-0.05, 0) is 38.1 Å². The maximum absolute atomic E-state index is 11.9. The molecule has 0 spiro atoms. The van der Waals surface area contributed by atoms with Crippen LogP contribution in [0.25, 0.3) is 0 Å². The summed E-state index contributed by atoms with van der Waals surface area (Å²) in [6, 6.07) is 13.8. The Morgan fingerprint density at radius 3 is 1.29 bits per heavy atom. The average Bonchev–Trinajstić information content (AvgIpc) is 2.57. The van der Waals surface area contributed by atoms with Gasteiger partial charge in [0.2, 0.25) is 0 Å². The summed E-state index contributed by atoms with van der Waals surface area (Å²) < 4.78 is 0. The van der Waals surface area contributed by atoms with Crippen molar-refractivity contribution in [2.24, 2.45) is 0 Å². The predicted molar refractivity (Wildman–Crippen MR) is 91.6 cm³/mol. The number of rotatable bonds is 5. The highest BCUT2D eigenvalue weighted by molar-refractivity contribution is 6.02. The van der Waals surface area contributed by atoms with E-state index in [1.807, 2.05) is 13.8 Å². The van der Waals surface area contributed by atoms with Crippen molar-refractivity contribution in [2.45, 2.75) is 26.1 Å². The number of anilines is 2. The van der Waals surface area contributed by atoms with Crippen LogP contribution in [-0.2, 0) is 9.59 Å². The van der Waals surface area contributed by atoms with E-state index in [1.165, 1.54) is 0 Å². The third kappa shape index (κ3) is 4.65. The van der Waals surface area contributed by atoms with E-state index in [-0.39, 0.29) is 0 Å². The molecule has 0 aliphatic heterocycles. The molecule has 0 unspecified atom stereocenters. The van der Waals surface area contributed by atoms with Crippen LogP contribution in [0.5, 0.6) is 0 Å². The van der Waals surface area contributed by atoms with E-state index in [0.717, 1.165) is 11.1 Å². The van der Waals surface area contributed by atoms with Crippen molar-refractivity contribution in [3.63, 3.8) is 0 Å². The van der Waals surface area contributed by atoms with Crippen LogP contribution in [0.15, 0.2) is 48.5 Å². The predicted octanol–water partition coefficient (Wildman–Crippen LogP) is 1.60. The number of benzene rings is 2. The molecule has 6 heteroatoms. The second kappa shape index (κ2) is 7.72. The van der Waals surface area contributed by atoms with Crippen LogP contribution in [0.4, 0.5) is 11.4 Å². The largest absolute Gasteiger partial charge is 0.380 e. The Balaban J connectivity index is 1.95. The van der Waals surface area contributed by atoms with E-state index in [9.17, 15) is 19.8 Å². The summed E-state index contributed by atoms with van der Waals surface area (Å²) in [7, 11) is 0. The van der Waals surface area contributed by atoms with Gasteiger partial charge in [-0.3, -0.25) is 9.59 Å². The average molecular weight is 328 g/mol. The van der Waals surface area contributed by atoms with Gasteiger partial charge in [-0.1, -0.05) is 35.4 Å². The standard InChI is InChI=1S/C18H20N2O4/c1-11-3-7-13(8-4-11)19-17(23)15(21)16(22)18(24)20-14-9-5-12(2)6-10-14/h3-10,15-16,21-22H,1-2H3,(H,19,23)(H,20,24)/t15-,16+. The highest BCUT2D eigenvalue weighted by Crippen LogP contribution is 2.12. The van der Waals surface area contributed by atoms with Gasteiger partial charge >= 0.3 is 0 Å². The number of nitrogens with one attached hydrogen (secondary N) is 2. The fourth-order valence-corrected chi connectivity index (χ4v) is 1.99. The topological polar surface area (TPSA) is 98.7 Å². The first kappa shape index (κ1) is 17.7. The zero-order valence-corrected chi connectivity index (χ0v) is 13.5. The van der Waals surface area contributed by atoms with Crippen LogP contribution < -0.4 is 10.6 Å². The molecule has 0 aliphatic carbocycles. The van der Waals surface area contributed by atoms with Gasteiger partial charge in [0.15, 0.2) is 12.2 Å². The number of carbonyl (C=O) groups excluding carboxylic acids is 2. The van der Waals surface area contributed by atoms with Gasteiger partial charge in [-0.2, -0.15) is 0 Å². The number of amides is 2. The first-order valence-corrected chi connectivity index (χ1v) is 7.48. The lowest BCUT2D eigenvalue weighted by molar-refractivity contribution is -0.139. The molecule has 0 heterocycles. The van der Waals surface area contributed by atoms with Crippen molar-refractivity contribution in [3.05, 3.63) is 59.7 Å². The highest BCUT2D eigenvalue weighted by atomic mass is 16.3. The monoisotopic (exact) mass is 328 g/mol. The molecular weight excluding hydrogens is 308 g/mol. The van der Waals surface area contributed by atoms with Crippen molar-refractivity contribution in [1.29, 1.82) is 0 Å². The van der Waals surface area contributed by atoms with E-state index in [2.05, 4.69) is 10.6 Å². The molecule has 24 heavy (non-hydrogen) atoms. The quantitative estimate of drug-likeness (QED) is 0.670. The Morgan fingerprint density at radius 1 is 0.708 bits per heavy atom. The molecule has 6 nitrogen and oxygen atoms in total. The zero-order valence-electron chi connectivity index (χ0n) is 13.5. The maximum Gasteiger partial charge on any atom is 0.256 e. The molecular formula is C18H20N2O4. The van der Waals surface area contributed by atoms with Crippen molar-refractivity contribution < 1.29 is 19.8 Å². The van der Waals surface area contributed by atoms with Crippen LogP contribution >= 0.6 is 0 Å². The summed E-state index contributed by atoms with van der Waals surface area (Å²) in [6.07, 6.45) is -3.76. The summed E-state index contributed by atoms with van der Waals surface area (Å²) >= 11 is 0. The lowest BCUT2D eigenvalue weighted by atomic mass is 10.1. The normalized spacial score (nSPS) is 13.0. The lowest BCUT2D eigenvalue weighted by Crippen LogP contribution is -2.45. The minimum atomic E-state index is -1.88. The van der Waals surface area contributed by atoms with E-state index >= 15 is 0 Å². The Hall–Kier alpha value is -2.70. The highest BCUT2D eigenvalue weighted by Gasteiger charge is 2.30. The smallest absolute Gasteiger partial charge is 0.256 e. The minimum absolute atomic E-state index is 0.468. The van der Waals surface area contributed by atoms with Crippen molar-refractivity contribution in [2.75, 3.05) is 10.6 Å². The summed E-state index contributed by atoms with van der Waals surface area (Å²) in [6.45, 7) is 3.80. The van der Waals surface area contributed by atoms with Gasteiger partial charge in [0.05, 0.1) is 0 Å². The summed E-state index contributed by atoms with van der Waals surface area (Å²) in [5, 5.41) is 24.6. The zero-order chi connectivity index (χ0) is 17.7. The molecule has 0 saturated carbocycles. The van der Waals surface area contributed by atoms with Gasteiger partial charge in [0, 0.05) is 11.4 Å². The Morgan fingerprint density at radius 2 is 1.00 bits per heavy atom. The van der Waals surface area contributed by atoms with Crippen LogP contribution in [-0.4, -0.2) is 34.2 Å². The fraction of sp³-hybridized carbons (Fsp3) is 0.222. The maximum atomic E-state index is 11.9. The van der Waals surface area contributed by atoms with Gasteiger partial charge in [-0.15, -0.1) is 0 Å². The number of aryl methyl sites for hydroxylation is 2. The van der Waals surface area contributed by atoms with Gasteiger partial charge in [0.25, 0.3) is 11.8 Å². The van der Waals surface area contributed by atoms with E-state index in [1.54, 1.807) is 48.5 Å². The molecule has 0 radical (unpaired) electrons. The molecule has 0 fully saturated rings. The lowest BCUT2D eigenvalue weighted by Gasteiger charge is -2.17. The Bertz CT molecular complexity index is 647. The molecule has 0 saturated heterocycles. The second-order valence-electron chi connectivity index (χ2n) is 5.60. The molecule has 0 aliphatic rings. The molecule has 2 rings (SSSR count). The second-order valence-corrected chi connectivity index (χ2v) is 5.60. The number of aliphatic hydroxyl groups excluding tert-OH is 2. The Labute approximate surface area is 140 Å². The molecule has 0 bridgehead atoms. The minimum Gasteiger partial charge on any atom is -0.380 e. The van der Waals surface area contributed by atoms with E-state index < -0.39 is 24.0 Å². The number of hydrogen-bond donors (Lipinski definition) is 4. The molecule has 0 aromatic heterocycles. The first-order valence-electron chi connectivity index (χ1n) is 7.48. The third-order valence-corrected chi connectivity index (χ3v) is 3.47. The molecule has 2 atom stereocenters. The molecule has 4 N–H and O–H groups in total. The number of carbonyl (C=O) groups is 2. The summed E-state index contributed by atoms with van der Waals surface area (Å²) in [4.78, 5) is 23.9. The van der Waals surface area contributed by atoms with Crippen LogP contribution in [0.3, 0.4) is 0 Å². The summed E-state index contributed by atoms with van der Waals surface area (Å²) in [5.41, 5.74) is 2.98. The van der Waals surface area contributed by atoms with Crippen molar-refractivity contribution in [1.82, 2.24) is 0 Å². The number of aliphatic hydroxyl groups is 2. The van der Waals surface area contributed by atoms with E-state index in [0.29, 0.717) is 11.4 Å². The van der Waals surface area contributed by atoms with Gasteiger partial charge in [0.1, 0.15) is 0 Å². The number of hydrogen-bond acceptors (Lipinski definition) is 4.